The highest BCUT2D eigenvalue weighted by Gasteiger charge is 2.09. The zero-order chi connectivity index (χ0) is 28.6. The highest BCUT2D eigenvalue weighted by atomic mass is 14.2. The predicted molar refractivity (Wildman–Crippen MR) is 167 cm³/mol. The van der Waals surface area contributed by atoms with Gasteiger partial charge >= 0.3 is 0 Å². The molecule has 32 heavy (non-hydrogen) atoms. The second-order valence-corrected chi connectivity index (χ2v) is 7.14. The first-order chi connectivity index (χ1) is 15.2. The van der Waals surface area contributed by atoms with E-state index < -0.39 is 0 Å². The van der Waals surface area contributed by atoms with Gasteiger partial charge < -0.3 is 0 Å². The predicted octanol–water partition coefficient (Wildman–Crippen LogP) is 14.3. The van der Waals surface area contributed by atoms with Gasteiger partial charge in [-0.2, -0.15) is 0 Å². The van der Waals surface area contributed by atoms with E-state index in [-0.39, 0.29) is 0 Å². The summed E-state index contributed by atoms with van der Waals surface area (Å²) < 4.78 is 0. The van der Waals surface area contributed by atoms with Crippen molar-refractivity contribution in [3.8, 4) is 0 Å². The molecule has 0 fully saturated rings. The average molecular weight is 467 g/mol. The Morgan fingerprint density at radius 2 is 0.688 bits per heavy atom. The molecule has 0 atom stereocenters. The van der Waals surface area contributed by atoms with Crippen LogP contribution in [0.4, 0.5) is 0 Å². The van der Waals surface area contributed by atoms with Crippen molar-refractivity contribution in [1.29, 1.82) is 0 Å². The fourth-order valence-electron chi connectivity index (χ4n) is 1.36. The Morgan fingerprint density at radius 1 is 0.469 bits per heavy atom. The number of hydrogen-bond donors (Lipinski definition) is 0. The summed E-state index contributed by atoms with van der Waals surface area (Å²) in [5.41, 5.74) is 0.583. The molecule has 0 rings (SSSR count). The summed E-state index contributed by atoms with van der Waals surface area (Å²) in [5, 5.41) is 0. The minimum absolute atomic E-state index is 0.583. The van der Waals surface area contributed by atoms with E-state index in [1.165, 1.54) is 44.9 Å². The van der Waals surface area contributed by atoms with E-state index in [4.69, 9.17) is 0 Å². The van der Waals surface area contributed by atoms with Gasteiger partial charge in [-0.05, 0) is 17.3 Å². The van der Waals surface area contributed by atoms with Gasteiger partial charge in [0, 0.05) is 0 Å². The third-order valence-corrected chi connectivity index (χ3v) is 4.58. The quantitative estimate of drug-likeness (QED) is 0.350. The molecule has 0 saturated carbocycles. The van der Waals surface area contributed by atoms with Crippen LogP contribution < -0.4 is 0 Å². The van der Waals surface area contributed by atoms with Crippen molar-refractivity contribution in [3.63, 3.8) is 0 Å². The average Bonchev–Trinajstić information content (AvgIpc) is 2.90. The summed E-state index contributed by atoms with van der Waals surface area (Å²) in [4.78, 5) is 0. The molecule has 0 radical (unpaired) electrons. The van der Waals surface area contributed by atoms with Crippen LogP contribution >= 0.6 is 0 Å². The van der Waals surface area contributed by atoms with Gasteiger partial charge in [0.2, 0.25) is 0 Å². The molecular weight excluding hydrogens is 384 g/mol. The maximum Gasteiger partial charge on any atom is -0.0359 e. The summed E-state index contributed by atoms with van der Waals surface area (Å²) in [5.74, 6) is 1.88. The maximum absolute atomic E-state index is 2.30. The van der Waals surface area contributed by atoms with E-state index in [9.17, 15) is 0 Å². The zero-order valence-corrected chi connectivity index (χ0v) is 28.6. The van der Waals surface area contributed by atoms with Crippen molar-refractivity contribution in [1.82, 2.24) is 0 Å². The van der Waals surface area contributed by atoms with E-state index in [0.29, 0.717) is 5.41 Å². The monoisotopic (exact) mass is 467 g/mol. The Kier molecular flexibility index (Phi) is 140. The Labute approximate surface area is 214 Å². The lowest BCUT2D eigenvalue weighted by atomic mass is 9.88. The summed E-state index contributed by atoms with van der Waals surface area (Å²) in [6.07, 6.45) is 9.40. The Hall–Kier alpha value is 0. The van der Waals surface area contributed by atoms with Crippen LogP contribution in [0.25, 0.3) is 0 Å². The van der Waals surface area contributed by atoms with Gasteiger partial charge in [-0.25, -0.2) is 0 Å². The summed E-state index contributed by atoms with van der Waals surface area (Å²) in [6, 6.07) is 0. The molecule has 0 aromatic carbocycles. The Bertz CT molecular complexity index is 145. The normalized spacial score (nSPS) is 7.88. The molecular formula is C32H82. The lowest BCUT2D eigenvalue weighted by molar-refractivity contribution is 0.338. The standard InChI is InChI=1S/C8H18.C7H16.C5H12.6C2H6/c1-4-7-8(5-2)6-3;1-5-7(3,4)6-2;1-4-5(2)3;6*1-2/h8H,4-7H2,1-3H3;5-6H2,1-4H3;5H,4H2,1-3H3;6*1-2H3. The van der Waals surface area contributed by atoms with Crippen LogP contribution in [-0.4, -0.2) is 0 Å². The van der Waals surface area contributed by atoms with Crippen molar-refractivity contribution in [2.24, 2.45) is 17.3 Å². The molecule has 0 heteroatoms. The summed E-state index contributed by atoms with van der Waals surface area (Å²) in [6.45, 7) is 46.5. The summed E-state index contributed by atoms with van der Waals surface area (Å²) >= 11 is 0. The van der Waals surface area contributed by atoms with Crippen molar-refractivity contribution in [2.45, 2.75) is 197 Å². The van der Waals surface area contributed by atoms with E-state index >= 15 is 0 Å². The fraction of sp³-hybridized carbons (Fsp3) is 1.00. The van der Waals surface area contributed by atoms with Crippen LogP contribution in [0.5, 0.6) is 0 Å². The van der Waals surface area contributed by atoms with Crippen LogP contribution in [0.1, 0.15) is 197 Å². The SMILES string of the molecule is CC.CC.CC.CC.CC.CC.CCC(C)(C)CC.CCC(C)C.CCCC(CC)CC. The molecule has 0 unspecified atom stereocenters. The largest absolute Gasteiger partial charge is 0.0683 e. The molecule has 0 saturated heterocycles. The Morgan fingerprint density at radius 3 is 0.719 bits per heavy atom. The molecule has 0 spiro atoms. The highest BCUT2D eigenvalue weighted by Crippen LogP contribution is 2.22. The summed E-state index contributed by atoms with van der Waals surface area (Å²) in [7, 11) is 0. The molecule has 0 amide bonds. The van der Waals surface area contributed by atoms with Crippen molar-refractivity contribution in [2.75, 3.05) is 0 Å². The van der Waals surface area contributed by atoms with Crippen LogP contribution in [0.15, 0.2) is 0 Å². The first-order valence-corrected chi connectivity index (χ1v) is 15.2. The third kappa shape index (κ3) is 112. The second-order valence-electron chi connectivity index (χ2n) is 7.14. The first-order valence-electron chi connectivity index (χ1n) is 15.2. The van der Waals surface area contributed by atoms with Gasteiger partial charge in [0.15, 0.2) is 0 Å². The molecule has 0 aromatic heterocycles. The van der Waals surface area contributed by atoms with Gasteiger partial charge in [-0.15, -0.1) is 0 Å². The molecule has 210 valence electrons. The van der Waals surface area contributed by atoms with Crippen molar-refractivity contribution < 1.29 is 0 Å². The van der Waals surface area contributed by atoms with Crippen molar-refractivity contribution >= 4 is 0 Å². The van der Waals surface area contributed by atoms with Gasteiger partial charge in [-0.3, -0.25) is 0 Å². The molecule has 0 aromatic rings. The van der Waals surface area contributed by atoms with Gasteiger partial charge in [-0.1, -0.05) is 197 Å². The molecule has 0 bridgehead atoms. The molecule has 0 aliphatic rings. The first kappa shape index (κ1) is 58.1. The van der Waals surface area contributed by atoms with Crippen LogP contribution in [0.3, 0.4) is 0 Å². The second kappa shape index (κ2) is 77.3. The van der Waals surface area contributed by atoms with Crippen LogP contribution in [0, 0.1) is 17.3 Å². The van der Waals surface area contributed by atoms with Crippen molar-refractivity contribution in [3.05, 3.63) is 0 Å². The van der Waals surface area contributed by atoms with E-state index in [0.717, 1.165) is 11.8 Å². The smallest absolute Gasteiger partial charge is 0.0359 e. The molecule has 0 aliphatic heterocycles. The fourth-order valence-corrected chi connectivity index (χ4v) is 1.36. The Balaban J connectivity index is -0.0000000289. The lowest BCUT2D eigenvalue weighted by Gasteiger charge is -2.18. The minimum Gasteiger partial charge on any atom is -0.0683 e. The topological polar surface area (TPSA) is 0 Å². The number of hydrogen-bond acceptors (Lipinski definition) is 0. The van der Waals surface area contributed by atoms with Crippen LogP contribution in [0.2, 0.25) is 0 Å². The molecule has 0 nitrogen and oxygen atoms in total. The van der Waals surface area contributed by atoms with Crippen LogP contribution in [-0.2, 0) is 0 Å². The number of rotatable bonds is 7. The maximum atomic E-state index is 2.30. The zero-order valence-electron chi connectivity index (χ0n) is 28.6. The third-order valence-electron chi connectivity index (χ3n) is 4.58. The molecule has 0 aliphatic carbocycles. The van der Waals surface area contributed by atoms with E-state index in [2.05, 4.69) is 69.2 Å². The van der Waals surface area contributed by atoms with E-state index in [1.54, 1.807) is 0 Å². The van der Waals surface area contributed by atoms with Gasteiger partial charge in [0.05, 0.1) is 0 Å². The van der Waals surface area contributed by atoms with Gasteiger partial charge in [0.25, 0.3) is 0 Å². The minimum atomic E-state index is 0.583. The highest BCUT2D eigenvalue weighted by molar-refractivity contribution is 4.61. The molecule has 0 N–H and O–H groups in total. The van der Waals surface area contributed by atoms with E-state index in [1.807, 2.05) is 83.1 Å². The van der Waals surface area contributed by atoms with Gasteiger partial charge in [0.1, 0.15) is 0 Å². The molecule has 0 heterocycles. The lowest BCUT2D eigenvalue weighted by Crippen LogP contribution is -2.05.